The zero-order chi connectivity index (χ0) is 16.6. The largest absolute Gasteiger partial charge is 0.370 e. The number of hydrogen-bond acceptors (Lipinski definition) is 2. The lowest BCUT2D eigenvalue weighted by atomic mass is 9.99. The van der Waals surface area contributed by atoms with Crippen LogP contribution in [0.15, 0.2) is 24.3 Å². The number of anilines is 1. The van der Waals surface area contributed by atoms with Gasteiger partial charge >= 0.3 is 0 Å². The molecule has 0 aliphatic carbocycles. The van der Waals surface area contributed by atoms with Gasteiger partial charge in [-0.1, -0.05) is 18.5 Å². The minimum absolute atomic E-state index is 0.729. The normalized spacial score (nSPS) is 15.9. The second kappa shape index (κ2) is 6.40. The summed E-state index contributed by atoms with van der Waals surface area (Å²) in [5.41, 5.74) is 4.84. The van der Waals surface area contributed by atoms with Crippen LogP contribution in [0.3, 0.4) is 0 Å². The van der Waals surface area contributed by atoms with Gasteiger partial charge in [0.15, 0.2) is 6.29 Å². The maximum Gasteiger partial charge on any atom is 0.151 e. The Balaban J connectivity index is 1.94. The first kappa shape index (κ1) is 16.1. The zero-order valence-electron chi connectivity index (χ0n) is 14.0. The predicted molar refractivity (Wildman–Crippen MR) is 96.3 cm³/mol. The summed E-state index contributed by atoms with van der Waals surface area (Å²) in [5, 5.41) is 0.775. The number of aldehydes is 1. The molecule has 4 heteroatoms. The van der Waals surface area contributed by atoms with Gasteiger partial charge < -0.3 is 9.47 Å². The van der Waals surface area contributed by atoms with Gasteiger partial charge in [0.05, 0.1) is 10.7 Å². The van der Waals surface area contributed by atoms with Crippen molar-refractivity contribution in [1.29, 1.82) is 0 Å². The van der Waals surface area contributed by atoms with E-state index in [0.29, 0.717) is 0 Å². The Kier molecular flexibility index (Phi) is 4.49. The van der Waals surface area contributed by atoms with Gasteiger partial charge in [-0.3, -0.25) is 4.79 Å². The number of aryl methyl sites for hydroxylation is 1. The fraction of sp³-hybridized carbons (Fsp3) is 0.421. The van der Waals surface area contributed by atoms with E-state index in [0.717, 1.165) is 58.6 Å². The summed E-state index contributed by atoms with van der Waals surface area (Å²) in [6, 6.07) is 8.11. The molecule has 0 spiro atoms. The first-order valence-corrected chi connectivity index (χ1v) is 8.58. The second-order valence-corrected chi connectivity index (χ2v) is 6.99. The van der Waals surface area contributed by atoms with Crippen LogP contribution in [0.1, 0.15) is 41.5 Å². The topological polar surface area (TPSA) is 25.2 Å². The Labute approximate surface area is 142 Å². The van der Waals surface area contributed by atoms with Crippen LogP contribution in [0.5, 0.6) is 0 Å². The molecule has 3 nitrogen and oxygen atoms in total. The van der Waals surface area contributed by atoms with Crippen molar-refractivity contribution in [3.63, 3.8) is 0 Å². The molecule has 0 unspecified atom stereocenters. The molecule has 0 bridgehead atoms. The van der Waals surface area contributed by atoms with E-state index < -0.39 is 0 Å². The summed E-state index contributed by atoms with van der Waals surface area (Å²) in [5.74, 6) is 0.802. The van der Waals surface area contributed by atoms with E-state index in [1.165, 1.54) is 12.8 Å². The Hall–Kier alpha value is -1.74. The number of aromatic nitrogens is 1. The summed E-state index contributed by atoms with van der Waals surface area (Å²) in [6.07, 6.45) is 3.34. The minimum Gasteiger partial charge on any atom is -0.370 e. The van der Waals surface area contributed by atoms with Crippen molar-refractivity contribution in [3.05, 3.63) is 46.2 Å². The summed E-state index contributed by atoms with van der Waals surface area (Å²) < 4.78 is 2.08. The van der Waals surface area contributed by atoms with Crippen molar-refractivity contribution in [3.8, 4) is 5.69 Å². The van der Waals surface area contributed by atoms with E-state index in [2.05, 4.69) is 28.5 Å². The predicted octanol–water partition coefficient (Wildman–Crippen LogP) is 4.80. The Morgan fingerprint density at radius 2 is 1.87 bits per heavy atom. The Bertz CT molecular complexity index is 727. The standard InChI is InChI=1S/C19H23ClN2O/c1-13-6-8-21(9-7-13)19-5-4-17(11-18(19)20)22-14(2)10-16(12-23)15(22)3/h4-5,10-13H,6-9H2,1-3H3. The third-order valence-electron chi connectivity index (χ3n) is 4.91. The molecule has 0 N–H and O–H groups in total. The average molecular weight is 331 g/mol. The molecular formula is C19H23ClN2O. The number of nitrogens with zero attached hydrogens (tertiary/aromatic N) is 2. The van der Waals surface area contributed by atoms with Crippen LogP contribution in [-0.2, 0) is 0 Å². The van der Waals surface area contributed by atoms with Gasteiger partial charge in [-0.25, -0.2) is 0 Å². The zero-order valence-corrected chi connectivity index (χ0v) is 14.7. The van der Waals surface area contributed by atoms with Gasteiger partial charge in [-0.2, -0.15) is 0 Å². The fourth-order valence-electron chi connectivity index (χ4n) is 3.45. The lowest BCUT2D eigenvalue weighted by Crippen LogP contribution is -2.32. The SMILES string of the molecule is Cc1cc(C=O)c(C)n1-c1ccc(N2CCC(C)CC2)c(Cl)c1. The van der Waals surface area contributed by atoms with Crippen molar-refractivity contribution >= 4 is 23.6 Å². The average Bonchev–Trinajstić information content (AvgIpc) is 2.82. The first-order chi connectivity index (χ1) is 11.0. The van der Waals surface area contributed by atoms with Crippen LogP contribution < -0.4 is 4.90 Å². The molecule has 23 heavy (non-hydrogen) atoms. The van der Waals surface area contributed by atoms with Gasteiger partial charge in [0.25, 0.3) is 0 Å². The van der Waals surface area contributed by atoms with Crippen molar-refractivity contribution in [1.82, 2.24) is 4.57 Å². The molecule has 1 aromatic heterocycles. The van der Waals surface area contributed by atoms with Crippen LogP contribution in [-0.4, -0.2) is 23.9 Å². The number of rotatable bonds is 3. The van der Waals surface area contributed by atoms with E-state index in [-0.39, 0.29) is 0 Å². The number of carbonyl (C=O) groups is 1. The van der Waals surface area contributed by atoms with Crippen molar-refractivity contribution in [2.75, 3.05) is 18.0 Å². The number of hydrogen-bond donors (Lipinski definition) is 0. The molecule has 1 aliphatic heterocycles. The van der Waals surface area contributed by atoms with Crippen molar-refractivity contribution < 1.29 is 4.79 Å². The van der Waals surface area contributed by atoms with Crippen molar-refractivity contribution in [2.24, 2.45) is 5.92 Å². The second-order valence-electron chi connectivity index (χ2n) is 6.59. The molecule has 1 aliphatic rings. The first-order valence-electron chi connectivity index (χ1n) is 8.20. The van der Waals surface area contributed by atoms with Gasteiger partial charge in [0, 0.05) is 35.7 Å². The third kappa shape index (κ3) is 3.02. The molecular weight excluding hydrogens is 308 g/mol. The molecule has 3 rings (SSSR count). The summed E-state index contributed by atoms with van der Waals surface area (Å²) in [4.78, 5) is 13.5. The molecule has 1 fully saturated rings. The fourth-order valence-corrected chi connectivity index (χ4v) is 3.74. The highest BCUT2D eigenvalue weighted by Gasteiger charge is 2.19. The number of carbonyl (C=O) groups excluding carboxylic acids is 1. The number of piperidine rings is 1. The van der Waals surface area contributed by atoms with Gasteiger partial charge in [0.2, 0.25) is 0 Å². The molecule has 122 valence electrons. The Morgan fingerprint density at radius 1 is 1.17 bits per heavy atom. The van der Waals surface area contributed by atoms with E-state index >= 15 is 0 Å². The minimum atomic E-state index is 0.729. The molecule has 0 atom stereocenters. The van der Waals surface area contributed by atoms with Gasteiger partial charge in [-0.05, 0) is 56.9 Å². The molecule has 0 radical (unpaired) electrons. The lowest BCUT2D eigenvalue weighted by molar-refractivity contribution is 0.112. The van der Waals surface area contributed by atoms with Gasteiger partial charge in [0.1, 0.15) is 0 Å². The highest BCUT2D eigenvalue weighted by Crippen LogP contribution is 2.32. The quantitative estimate of drug-likeness (QED) is 0.755. The molecule has 2 heterocycles. The molecule has 0 saturated carbocycles. The highest BCUT2D eigenvalue weighted by molar-refractivity contribution is 6.33. The van der Waals surface area contributed by atoms with Gasteiger partial charge in [-0.15, -0.1) is 0 Å². The lowest BCUT2D eigenvalue weighted by Gasteiger charge is -2.32. The molecule has 1 saturated heterocycles. The van der Waals surface area contributed by atoms with Crippen molar-refractivity contribution in [2.45, 2.75) is 33.6 Å². The highest BCUT2D eigenvalue weighted by atomic mass is 35.5. The molecule has 0 amide bonds. The van der Waals surface area contributed by atoms with Crippen LogP contribution in [0, 0.1) is 19.8 Å². The maximum atomic E-state index is 11.1. The smallest absolute Gasteiger partial charge is 0.151 e. The van der Waals surface area contributed by atoms with Crippen LogP contribution >= 0.6 is 11.6 Å². The van der Waals surface area contributed by atoms with E-state index in [9.17, 15) is 4.79 Å². The monoisotopic (exact) mass is 330 g/mol. The van der Waals surface area contributed by atoms with Crippen LogP contribution in [0.2, 0.25) is 5.02 Å². The number of benzene rings is 1. The molecule has 1 aromatic carbocycles. The third-order valence-corrected chi connectivity index (χ3v) is 5.21. The summed E-state index contributed by atoms with van der Waals surface area (Å²) in [6.45, 7) is 8.41. The molecule has 2 aromatic rings. The number of halogens is 1. The maximum absolute atomic E-state index is 11.1. The van der Waals surface area contributed by atoms with E-state index in [4.69, 9.17) is 11.6 Å². The van der Waals surface area contributed by atoms with E-state index in [1.807, 2.05) is 26.0 Å². The van der Waals surface area contributed by atoms with Crippen LogP contribution in [0.25, 0.3) is 5.69 Å². The summed E-state index contributed by atoms with van der Waals surface area (Å²) >= 11 is 6.57. The van der Waals surface area contributed by atoms with Crippen LogP contribution in [0.4, 0.5) is 5.69 Å². The summed E-state index contributed by atoms with van der Waals surface area (Å²) in [7, 11) is 0. The Morgan fingerprint density at radius 3 is 2.43 bits per heavy atom. The van der Waals surface area contributed by atoms with E-state index in [1.54, 1.807) is 0 Å².